The van der Waals surface area contributed by atoms with E-state index >= 15 is 0 Å². The van der Waals surface area contributed by atoms with Gasteiger partial charge in [0.05, 0.1) is 6.04 Å². The number of likely N-dealkylation sites (tertiary alicyclic amines) is 1. The maximum Gasteiger partial charge on any atom is 0.245 e. The second-order valence-electron chi connectivity index (χ2n) is 8.70. The lowest BCUT2D eigenvalue weighted by Crippen LogP contribution is -2.53. The third-order valence-corrected chi connectivity index (χ3v) is 4.87. The van der Waals surface area contributed by atoms with Crippen LogP contribution in [0.3, 0.4) is 0 Å². The van der Waals surface area contributed by atoms with Crippen LogP contribution in [-0.2, 0) is 14.4 Å². The second kappa shape index (κ2) is 8.81. The lowest BCUT2D eigenvalue weighted by molar-refractivity contribution is -0.148. The maximum atomic E-state index is 13.1. The lowest BCUT2D eigenvalue weighted by Gasteiger charge is -2.36. The van der Waals surface area contributed by atoms with Crippen molar-refractivity contribution in [3.05, 3.63) is 0 Å². The highest BCUT2D eigenvalue weighted by molar-refractivity contribution is 5.95. The smallest absolute Gasteiger partial charge is 0.245 e. The van der Waals surface area contributed by atoms with Crippen LogP contribution in [0.25, 0.3) is 0 Å². The summed E-state index contributed by atoms with van der Waals surface area (Å²) in [5.74, 6) is 0.356. The van der Waals surface area contributed by atoms with E-state index in [2.05, 4.69) is 13.8 Å². The van der Waals surface area contributed by atoms with E-state index in [1.54, 1.807) is 16.8 Å². The summed E-state index contributed by atoms with van der Waals surface area (Å²) in [5.41, 5.74) is -0.499. The molecule has 1 aliphatic rings. The van der Waals surface area contributed by atoms with Gasteiger partial charge in [-0.1, -0.05) is 41.5 Å². The summed E-state index contributed by atoms with van der Waals surface area (Å²) >= 11 is 0. The van der Waals surface area contributed by atoms with Crippen molar-refractivity contribution in [3.8, 4) is 0 Å². The Morgan fingerprint density at radius 3 is 2.28 bits per heavy atom. The summed E-state index contributed by atoms with van der Waals surface area (Å²) in [6.07, 6.45) is 3.45. The predicted octanol–water partition coefficient (Wildman–Crippen LogP) is 3.27. The van der Waals surface area contributed by atoms with Crippen LogP contribution in [0.2, 0.25) is 0 Å². The Hall–Kier alpha value is -1.39. The average Bonchev–Trinajstić information content (AvgIpc) is 2.99. The molecule has 25 heavy (non-hydrogen) atoms. The van der Waals surface area contributed by atoms with Crippen LogP contribution in [0.5, 0.6) is 0 Å². The van der Waals surface area contributed by atoms with E-state index in [1.165, 1.54) is 0 Å². The molecule has 144 valence electrons. The highest BCUT2D eigenvalue weighted by Gasteiger charge is 2.40. The molecule has 0 bridgehead atoms. The van der Waals surface area contributed by atoms with Gasteiger partial charge in [0.25, 0.3) is 0 Å². The number of ketones is 1. The Morgan fingerprint density at radius 2 is 1.80 bits per heavy atom. The molecular formula is C20H36N2O3. The van der Waals surface area contributed by atoms with Crippen molar-refractivity contribution in [3.63, 3.8) is 0 Å². The molecule has 5 nitrogen and oxygen atoms in total. The van der Waals surface area contributed by atoms with Gasteiger partial charge in [-0.2, -0.15) is 0 Å². The van der Waals surface area contributed by atoms with Gasteiger partial charge in [-0.3, -0.25) is 14.4 Å². The molecule has 0 aromatic carbocycles. The molecule has 1 rings (SSSR count). The summed E-state index contributed by atoms with van der Waals surface area (Å²) < 4.78 is 0. The van der Waals surface area contributed by atoms with Crippen LogP contribution in [0.1, 0.15) is 73.6 Å². The molecule has 0 radical (unpaired) electrons. The number of likely N-dealkylation sites (N-methyl/N-ethyl adjacent to an activating group) is 1. The first kappa shape index (κ1) is 21.7. The van der Waals surface area contributed by atoms with Gasteiger partial charge in [-0.05, 0) is 31.6 Å². The first-order chi connectivity index (χ1) is 11.5. The second-order valence-corrected chi connectivity index (χ2v) is 8.70. The van der Waals surface area contributed by atoms with E-state index in [9.17, 15) is 14.4 Å². The van der Waals surface area contributed by atoms with Crippen molar-refractivity contribution in [2.45, 2.75) is 85.7 Å². The van der Waals surface area contributed by atoms with Crippen molar-refractivity contribution < 1.29 is 14.4 Å². The molecule has 0 unspecified atom stereocenters. The predicted molar refractivity (Wildman–Crippen MR) is 100 cm³/mol. The van der Waals surface area contributed by atoms with Crippen molar-refractivity contribution >= 4 is 17.6 Å². The Balaban J connectivity index is 2.99. The van der Waals surface area contributed by atoms with Crippen molar-refractivity contribution in [2.75, 3.05) is 13.6 Å². The number of Topliss-reactive ketones (excluding diaryl/α,β-unsaturated/α-hetero) is 1. The zero-order valence-corrected chi connectivity index (χ0v) is 17.1. The van der Waals surface area contributed by atoms with Gasteiger partial charge < -0.3 is 9.80 Å². The minimum absolute atomic E-state index is 0.0503. The molecule has 0 aliphatic carbocycles. The van der Waals surface area contributed by atoms with Gasteiger partial charge >= 0.3 is 0 Å². The highest BCUT2D eigenvalue weighted by atomic mass is 16.2. The van der Waals surface area contributed by atoms with Crippen molar-refractivity contribution in [2.24, 2.45) is 11.3 Å². The van der Waals surface area contributed by atoms with Crippen LogP contribution < -0.4 is 0 Å². The van der Waals surface area contributed by atoms with Gasteiger partial charge in [0, 0.05) is 25.4 Å². The molecule has 0 aromatic rings. The van der Waals surface area contributed by atoms with Crippen LogP contribution in [0, 0.1) is 11.3 Å². The lowest BCUT2D eigenvalue weighted by atomic mass is 9.83. The minimum Gasteiger partial charge on any atom is -0.334 e. The summed E-state index contributed by atoms with van der Waals surface area (Å²) in [4.78, 5) is 41.6. The monoisotopic (exact) mass is 352 g/mol. The summed E-state index contributed by atoms with van der Waals surface area (Å²) in [5, 5.41) is 0. The van der Waals surface area contributed by atoms with Crippen LogP contribution in [0.4, 0.5) is 0 Å². The summed E-state index contributed by atoms with van der Waals surface area (Å²) in [7, 11) is 1.72. The normalized spacial score (nSPS) is 19.2. The Bertz CT molecular complexity index is 494. The molecule has 1 aliphatic heterocycles. The van der Waals surface area contributed by atoms with Gasteiger partial charge in [0.1, 0.15) is 6.04 Å². The number of hydrogen-bond donors (Lipinski definition) is 0. The number of nitrogens with zero attached hydrogens (tertiary/aromatic N) is 2. The standard InChI is InChI=1S/C20H36N2O3/c1-8-10-17(23)22-12-9-11-15(22)19(25)21(7)16(13-14(2)3)18(24)20(4,5)6/h14-16H,8-13H2,1-7H3/t15-,16+/m0/s1. The number of amides is 2. The van der Waals surface area contributed by atoms with Crippen molar-refractivity contribution in [1.29, 1.82) is 0 Å². The third kappa shape index (κ3) is 5.55. The molecule has 5 heteroatoms. The van der Waals surface area contributed by atoms with Gasteiger partial charge in [0.2, 0.25) is 11.8 Å². The molecule has 0 spiro atoms. The van der Waals surface area contributed by atoms with E-state index in [0.29, 0.717) is 31.7 Å². The number of hydrogen-bond acceptors (Lipinski definition) is 3. The van der Waals surface area contributed by atoms with Gasteiger partial charge in [-0.15, -0.1) is 0 Å². The fourth-order valence-corrected chi connectivity index (χ4v) is 3.46. The average molecular weight is 353 g/mol. The van der Waals surface area contributed by atoms with E-state index < -0.39 is 17.5 Å². The van der Waals surface area contributed by atoms with Crippen LogP contribution in [0.15, 0.2) is 0 Å². The molecule has 1 heterocycles. The van der Waals surface area contributed by atoms with Crippen molar-refractivity contribution in [1.82, 2.24) is 9.80 Å². The molecule has 2 atom stereocenters. The maximum absolute atomic E-state index is 13.1. The Morgan fingerprint density at radius 1 is 1.20 bits per heavy atom. The van der Waals surface area contributed by atoms with E-state index in [4.69, 9.17) is 0 Å². The molecule has 1 saturated heterocycles. The Kier molecular flexibility index (Phi) is 7.63. The van der Waals surface area contributed by atoms with E-state index in [-0.39, 0.29) is 17.6 Å². The number of carbonyl (C=O) groups excluding carboxylic acids is 3. The molecule has 0 saturated carbocycles. The quantitative estimate of drug-likeness (QED) is 0.706. The molecule has 0 N–H and O–H groups in total. The van der Waals surface area contributed by atoms with E-state index in [1.807, 2.05) is 27.7 Å². The zero-order valence-electron chi connectivity index (χ0n) is 17.1. The van der Waals surface area contributed by atoms with Gasteiger partial charge in [-0.25, -0.2) is 0 Å². The SMILES string of the molecule is CCCC(=O)N1CCC[C@H]1C(=O)N(C)[C@H](CC(C)C)C(=O)C(C)(C)C. The minimum atomic E-state index is -0.499. The molecule has 1 fully saturated rings. The van der Waals surface area contributed by atoms with Crippen LogP contribution in [-0.4, -0.2) is 53.1 Å². The fraction of sp³-hybridized carbons (Fsp3) is 0.850. The molecule has 0 aromatic heterocycles. The topological polar surface area (TPSA) is 57.7 Å². The first-order valence-electron chi connectivity index (χ1n) is 9.61. The number of carbonyl (C=O) groups is 3. The number of rotatable bonds is 7. The molecular weight excluding hydrogens is 316 g/mol. The fourth-order valence-electron chi connectivity index (χ4n) is 3.46. The largest absolute Gasteiger partial charge is 0.334 e. The zero-order chi connectivity index (χ0) is 19.4. The van der Waals surface area contributed by atoms with Gasteiger partial charge in [0.15, 0.2) is 5.78 Å². The van der Waals surface area contributed by atoms with Crippen LogP contribution >= 0.6 is 0 Å². The Labute approximate surface area is 153 Å². The summed E-state index contributed by atoms with van der Waals surface area (Å²) in [6, 6.07) is -0.845. The first-order valence-corrected chi connectivity index (χ1v) is 9.61. The summed E-state index contributed by atoms with van der Waals surface area (Å²) in [6.45, 7) is 12.4. The molecule has 2 amide bonds. The highest BCUT2D eigenvalue weighted by Crippen LogP contribution is 2.26. The third-order valence-electron chi connectivity index (χ3n) is 4.87. The van der Waals surface area contributed by atoms with E-state index in [0.717, 1.165) is 12.8 Å².